The van der Waals surface area contributed by atoms with Crippen molar-refractivity contribution in [2.45, 2.75) is 13.5 Å². The number of carbonyl (C=O) groups is 1. The molecule has 2 aromatic carbocycles. The zero-order valence-electron chi connectivity index (χ0n) is 14.4. The van der Waals surface area contributed by atoms with Gasteiger partial charge in [-0.3, -0.25) is 4.79 Å². The van der Waals surface area contributed by atoms with Gasteiger partial charge in [0, 0.05) is 12.1 Å². The smallest absolute Gasteiger partial charge is 0.261 e. The highest BCUT2D eigenvalue weighted by Gasteiger charge is 2.05. The van der Waals surface area contributed by atoms with Crippen molar-refractivity contribution in [2.24, 2.45) is 5.16 Å². The van der Waals surface area contributed by atoms with Crippen molar-refractivity contribution < 1.29 is 19.1 Å². The highest BCUT2D eigenvalue weighted by molar-refractivity contribution is 5.80. The van der Waals surface area contributed by atoms with Crippen LogP contribution in [0.15, 0.2) is 53.7 Å². The Hall–Kier alpha value is -3.02. The van der Waals surface area contributed by atoms with Gasteiger partial charge in [-0.15, -0.1) is 0 Å². The summed E-state index contributed by atoms with van der Waals surface area (Å²) in [4.78, 5) is 16.8. The summed E-state index contributed by atoms with van der Waals surface area (Å²) < 4.78 is 10.6. The largest absolute Gasteiger partial charge is 0.496 e. The Morgan fingerprint density at radius 1 is 1.16 bits per heavy atom. The minimum absolute atomic E-state index is 0.150. The van der Waals surface area contributed by atoms with E-state index in [1.165, 1.54) is 0 Å². The summed E-state index contributed by atoms with van der Waals surface area (Å²) in [5.74, 6) is 1.28. The molecule has 2 aromatic rings. The molecule has 6 heteroatoms. The molecular formula is C19H22N2O4. The lowest BCUT2D eigenvalue weighted by Gasteiger charge is -2.09. The summed E-state index contributed by atoms with van der Waals surface area (Å²) in [5, 5.41) is 6.55. The van der Waals surface area contributed by atoms with E-state index in [-0.39, 0.29) is 12.5 Å². The van der Waals surface area contributed by atoms with Crippen molar-refractivity contribution in [3.8, 4) is 11.5 Å². The summed E-state index contributed by atoms with van der Waals surface area (Å²) >= 11 is 0. The van der Waals surface area contributed by atoms with Crippen molar-refractivity contribution in [1.29, 1.82) is 0 Å². The van der Waals surface area contributed by atoms with Crippen LogP contribution in [0.1, 0.15) is 18.1 Å². The van der Waals surface area contributed by atoms with Crippen molar-refractivity contribution >= 4 is 12.1 Å². The molecule has 0 aromatic heterocycles. The van der Waals surface area contributed by atoms with Gasteiger partial charge in [-0.05, 0) is 42.8 Å². The summed E-state index contributed by atoms with van der Waals surface area (Å²) in [5.41, 5.74) is 1.76. The molecule has 0 saturated heterocycles. The van der Waals surface area contributed by atoms with E-state index in [9.17, 15) is 4.79 Å². The van der Waals surface area contributed by atoms with E-state index in [0.29, 0.717) is 13.2 Å². The van der Waals surface area contributed by atoms with Gasteiger partial charge in [-0.1, -0.05) is 23.4 Å². The van der Waals surface area contributed by atoms with E-state index in [1.54, 1.807) is 13.3 Å². The second-order valence-electron chi connectivity index (χ2n) is 5.10. The fourth-order valence-electron chi connectivity index (χ4n) is 2.10. The van der Waals surface area contributed by atoms with E-state index in [4.69, 9.17) is 14.3 Å². The number of hydrogen-bond donors (Lipinski definition) is 1. The Bertz CT molecular complexity index is 699. The van der Waals surface area contributed by atoms with Crippen LogP contribution in [0.5, 0.6) is 11.5 Å². The first-order chi connectivity index (χ1) is 12.2. The molecule has 0 aliphatic heterocycles. The van der Waals surface area contributed by atoms with Crippen LogP contribution < -0.4 is 14.8 Å². The Labute approximate surface area is 147 Å². The molecule has 25 heavy (non-hydrogen) atoms. The average Bonchev–Trinajstić information content (AvgIpc) is 2.65. The molecule has 0 spiro atoms. The number of ether oxygens (including phenoxy) is 2. The monoisotopic (exact) mass is 342 g/mol. The van der Waals surface area contributed by atoms with E-state index in [1.807, 2.05) is 55.5 Å². The number of amides is 1. The third-order valence-corrected chi connectivity index (χ3v) is 3.33. The minimum atomic E-state index is -0.255. The zero-order valence-corrected chi connectivity index (χ0v) is 14.4. The van der Waals surface area contributed by atoms with Crippen LogP contribution in [0.2, 0.25) is 0 Å². The molecule has 6 nitrogen and oxygen atoms in total. The number of nitrogens with zero attached hydrogens (tertiary/aromatic N) is 1. The normalized spacial score (nSPS) is 10.5. The Morgan fingerprint density at radius 2 is 1.92 bits per heavy atom. The van der Waals surface area contributed by atoms with Gasteiger partial charge < -0.3 is 19.6 Å². The molecular weight excluding hydrogens is 320 g/mol. The molecule has 132 valence electrons. The summed E-state index contributed by atoms with van der Waals surface area (Å²) in [7, 11) is 1.60. The van der Waals surface area contributed by atoms with E-state index in [2.05, 4.69) is 10.5 Å². The van der Waals surface area contributed by atoms with Gasteiger partial charge in [0.25, 0.3) is 5.91 Å². The van der Waals surface area contributed by atoms with Crippen LogP contribution in [0.25, 0.3) is 0 Å². The van der Waals surface area contributed by atoms with E-state index < -0.39 is 0 Å². The van der Waals surface area contributed by atoms with Crippen molar-refractivity contribution in [1.82, 2.24) is 5.32 Å². The van der Waals surface area contributed by atoms with Crippen LogP contribution in [0.4, 0.5) is 0 Å². The van der Waals surface area contributed by atoms with Gasteiger partial charge in [0.05, 0.1) is 19.9 Å². The summed E-state index contributed by atoms with van der Waals surface area (Å²) in [6.07, 6.45) is 1.54. The molecule has 0 atom stereocenters. The predicted octanol–water partition coefficient (Wildman–Crippen LogP) is 2.76. The van der Waals surface area contributed by atoms with Crippen molar-refractivity contribution in [3.63, 3.8) is 0 Å². The first-order valence-electron chi connectivity index (χ1n) is 7.99. The highest BCUT2D eigenvalue weighted by Crippen LogP contribution is 2.16. The van der Waals surface area contributed by atoms with Gasteiger partial charge in [0.2, 0.25) is 0 Å². The maximum atomic E-state index is 11.8. The Kier molecular flexibility index (Phi) is 7.31. The SMILES string of the molecule is CCOc1ccc(/C=N/OCC(=O)NCc2ccccc2OC)cc1. The molecule has 0 fully saturated rings. The molecule has 0 aliphatic carbocycles. The van der Waals surface area contributed by atoms with Crippen molar-refractivity contribution in [3.05, 3.63) is 59.7 Å². The standard InChI is InChI=1S/C19H22N2O4/c1-3-24-17-10-8-15(9-11-17)12-21-25-14-19(22)20-13-16-6-4-5-7-18(16)23-2/h4-12H,3,13-14H2,1-2H3,(H,20,22)/b21-12+. The lowest BCUT2D eigenvalue weighted by molar-refractivity contribution is -0.125. The first-order valence-corrected chi connectivity index (χ1v) is 7.99. The van der Waals surface area contributed by atoms with Crippen LogP contribution >= 0.6 is 0 Å². The molecule has 0 aliphatic rings. The van der Waals surface area contributed by atoms with Crippen LogP contribution in [-0.2, 0) is 16.2 Å². The third kappa shape index (κ3) is 6.18. The average molecular weight is 342 g/mol. The fraction of sp³-hybridized carbons (Fsp3) is 0.263. The molecule has 1 amide bonds. The van der Waals surface area contributed by atoms with Crippen LogP contribution in [-0.4, -0.2) is 32.4 Å². The van der Waals surface area contributed by atoms with Gasteiger partial charge in [0.1, 0.15) is 11.5 Å². The lowest BCUT2D eigenvalue weighted by Crippen LogP contribution is -2.26. The maximum Gasteiger partial charge on any atom is 0.261 e. The second-order valence-corrected chi connectivity index (χ2v) is 5.10. The quantitative estimate of drug-likeness (QED) is 0.562. The number of carbonyl (C=O) groups excluding carboxylic acids is 1. The van der Waals surface area contributed by atoms with Gasteiger partial charge >= 0.3 is 0 Å². The first kappa shape index (κ1) is 18.3. The maximum absolute atomic E-state index is 11.8. The van der Waals surface area contributed by atoms with E-state index in [0.717, 1.165) is 22.6 Å². The fourth-order valence-corrected chi connectivity index (χ4v) is 2.10. The minimum Gasteiger partial charge on any atom is -0.496 e. The summed E-state index contributed by atoms with van der Waals surface area (Å²) in [6, 6.07) is 14.9. The van der Waals surface area contributed by atoms with Crippen LogP contribution in [0, 0.1) is 0 Å². The number of benzene rings is 2. The third-order valence-electron chi connectivity index (χ3n) is 3.33. The lowest BCUT2D eigenvalue weighted by atomic mass is 10.2. The van der Waals surface area contributed by atoms with Gasteiger partial charge in [-0.2, -0.15) is 0 Å². The van der Waals surface area contributed by atoms with E-state index >= 15 is 0 Å². The number of hydrogen-bond acceptors (Lipinski definition) is 5. The van der Waals surface area contributed by atoms with Crippen molar-refractivity contribution in [2.75, 3.05) is 20.3 Å². The second kappa shape index (κ2) is 9.97. The molecule has 0 radical (unpaired) electrons. The Balaban J connectivity index is 1.72. The summed E-state index contributed by atoms with van der Waals surface area (Å²) in [6.45, 7) is 2.78. The molecule has 2 rings (SSSR count). The molecule has 1 N–H and O–H groups in total. The van der Waals surface area contributed by atoms with Gasteiger partial charge in [-0.25, -0.2) is 0 Å². The molecule has 0 saturated carbocycles. The molecule has 0 heterocycles. The topological polar surface area (TPSA) is 69.2 Å². The Morgan fingerprint density at radius 3 is 2.64 bits per heavy atom. The predicted molar refractivity (Wildman–Crippen MR) is 96.0 cm³/mol. The molecule has 0 bridgehead atoms. The number of methoxy groups -OCH3 is 1. The zero-order chi connectivity index (χ0) is 17.9. The molecule has 0 unspecified atom stereocenters. The number of nitrogens with one attached hydrogen (secondary N) is 1. The number of oxime groups is 1. The van der Waals surface area contributed by atoms with Crippen LogP contribution in [0.3, 0.4) is 0 Å². The van der Waals surface area contributed by atoms with Gasteiger partial charge in [0.15, 0.2) is 6.61 Å². The highest BCUT2D eigenvalue weighted by atomic mass is 16.6. The number of para-hydroxylation sites is 1. The number of rotatable bonds is 9.